The number of rotatable bonds is 9. The number of ether oxygens (including phenoxy) is 4. The van der Waals surface area contributed by atoms with Gasteiger partial charge < -0.3 is 18.9 Å². The van der Waals surface area contributed by atoms with Crippen LogP contribution in [0.25, 0.3) is 0 Å². The first kappa shape index (κ1) is 28.2. The molecule has 0 aromatic heterocycles. The number of carbonyl (C=O) groups is 4. The largest absolute Gasteiger partial charge is 0.463 e. The summed E-state index contributed by atoms with van der Waals surface area (Å²) in [6, 6.07) is 0. The fraction of sp³-hybridized carbons (Fsp3) is 0.875. The average Bonchev–Trinajstić information content (AvgIpc) is 3.17. The second kappa shape index (κ2) is 10.4. The first-order valence-corrected chi connectivity index (χ1v) is 15.7. The minimum Gasteiger partial charge on any atom is -0.463 e. The summed E-state index contributed by atoms with van der Waals surface area (Å²) in [6.45, 7) is 10.8. The third-order valence-corrected chi connectivity index (χ3v) is 11.6. The summed E-state index contributed by atoms with van der Waals surface area (Å²) in [5, 5.41) is 0. The van der Waals surface area contributed by atoms with Gasteiger partial charge in [-0.2, -0.15) is 0 Å². The molecule has 0 aromatic carbocycles. The lowest BCUT2D eigenvalue weighted by Gasteiger charge is -2.42. The molecule has 0 aromatic rings. The van der Waals surface area contributed by atoms with Crippen LogP contribution in [0.15, 0.2) is 0 Å². The molecule has 8 nitrogen and oxygen atoms in total. The van der Waals surface area contributed by atoms with E-state index in [0.717, 1.165) is 38.5 Å². The molecule has 2 saturated heterocycles. The molecule has 4 saturated carbocycles. The number of carbonyl (C=O) groups excluding carboxylic acids is 4. The van der Waals surface area contributed by atoms with Crippen molar-refractivity contribution in [2.24, 2.45) is 71.0 Å². The van der Waals surface area contributed by atoms with E-state index in [1.165, 1.54) is 0 Å². The van der Waals surface area contributed by atoms with Gasteiger partial charge in [-0.25, -0.2) is 0 Å². The van der Waals surface area contributed by atoms with Gasteiger partial charge in [0.1, 0.15) is 18.3 Å². The van der Waals surface area contributed by atoms with Crippen LogP contribution in [0, 0.1) is 71.0 Å². The van der Waals surface area contributed by atoms with Gasteiger partial charge in [0.25, 0.3) is 0 Å². The molecule has 0 amide bonds. The zero-order valence-electron chi connectivity index (χ0n) is 24.6. The van der Waals surface area contributed by atoms with E-state index < -0.39 is 29.4 Å². The second-order valence-electron chi connectivity index (χ2n) is 14.8. The maximum absolute atomic E-state index is 13.2. The maximum atomic E-state index is 13.2. The van der Waals surface area contributed by atoms with Gasteiger partial charge in [0, 0.05) is 0 Å². The molecule has 6 rings (SSSR count). The number of hydrogen-bond acceptors (Lipinski definition) is 8. The highest BCUT2D eigenvalue weighted by molar-refractivity contribution is 5.96. The van der Waals surface area contributed by atoms with Crippen LogP contribution >= 0.6 is 0 Å². The SMILES string of the molecule is CCC1C2CC(C(=O)OC(C)(C)C)C(C2)C1CC1C2CC(C(=O)OCC3CO3)C(C2)C1CC1C(=O)OC(=O)C1C. The van der Waals surface area contributed by atoms with Crippen LogP contribution in [0.1, 0.15) is 79.6 Å². The molecule has 6 fully saturated rings. The monoisotopic (exact) mass is 558 g/mol. The van der Waals surface area contributed by atoms with Crippen LogP contribution in [0.4, 0.5) is 0 Å². The zero-order chi connectivity index (χ0) is 28.5. The fourth-order valence-corrected chi connectivity index (χ4v) is 9.81. The van der Waals surface area contributed by atoms with Gasteiger partial charge in [0.15, 0.2) is 0 Å². The van der Waals surface area contributed by atoms with Gasteiger partial charge in [-0.05, 0) is 107 Å². The number of cyclic esters (lactones) is 2. The van der Waals surface area contributed by atoms with E-state index in [1.54, 1.807) is 6.92 Å². The van der Waals surface area contributed by atoms with Gasteiger partial charge in [-0.15, -0.1) is 0 Å². The molecule has 13 atom stereocenters. The molecule has 4 aliphatic carbocycles. The summed E-state index contributed by atoms with van der Waals surface area (Å²) in [5.74, 6) is 0.871. The molecular weight excluding hydrogens is 512 g/mol. The Labute approximate surface area is 237 Å². The maximum Gasteiger partial charge on any atom is 0.317 e. The van der Waals surface area contributed by atoms with Crippen molar-refractivity contribution in [3.05, 3.63) is 0 Å². The molecule has 0 spiro atoms. The first-order chi connectivity index (χ1) is 18.9. The summed E-state index contributed by atoms with van der Waals surface area (Å²) < 4.78 is 21.7. The highest BCUT2D eigenvalue weighted by Crippen LogP contribution is 2.64. The van der Waals surface area contributed by atoms with E-state index in [2.05, 4.69) is 6.92 Å². The van der Waals surface area contributed by atoms with Crippen LogP contribution in [0.2, 0.25) is 0 Å². The molecule has 4 bridgehead atoms. The highest BCUT2D eigenvalue weighted by Gasteiger charge is 2.60. The summed E-state index contributed by atoms with van der Waals surface area (Å²) in [6.07, 6.45) is 6.56. The Morgan fingerprint density at radius 1 is 0.850 bits per heavy atom. The van der Waals surface area contributed by atoms with Crippen LogP contribution in [-0.2, 0) is 38.1 Å². The number of fused-ring (bicyclic) bond motifs is 4. The van der Waals surface area contributed by atoms with Crippen molar-refractivity contribution in [1.29, 1.82) is 0 Å². The Hall–Kier alpha value is -1.96. The van der Waals surface area contributed by atoms with Crippen molar-refractivity contribution >= 4 is 23.9 Å². The fourth-order valence-electron chi connectivity index (χ4n) is 9.81. The number of esters is 4. The third kappa shape index (κ3) is 5.11. The van der Waals surface area contributed by atoms with Crippen molar-refractivity contribution < 1.29 is 38.1 Å². The highest BCUT2D eigenvalue weighted by atomic mass is 16.6. The molecule has 40 heavy (non-hydrogen) atoms. The lowest BCUT2D eigenvalue weighted by molar-refractivity contribution is -0.164. The predicted molar refractivity (Wildman–Crippen MR) is 143 cm³/mol. The summed E-state index contributed by atoms with van der Waals surface area (Å²) >= 11 is 0. The minimum absolute atomic E-state index is 0.0351. The van der Waals surface area contributed by atoms with E-state index in [-0.39, 0.29) is 41.7 Å². The zero-order valence-corrected chi connectivity index (χ0v) is 24.6. The molecule has 0 N–H and O–H groups in total. The normalized spacial score (nSPS) is 45.2. The van der Waals surface area contributed by atoms with Crippen LogP contribution in [0.3, 0.4) is 0 Å². The Bertz CT molecular complexity index is 1040. The predicted octanol–water partition coefficient (Wildman–Crippen LogP) is 4.57. The topological polar surface area (TPSA) is 109 Å². The van der Waals surface area contributed by atoms with Gasteiger partial charge in [-0.1, -0.05) is 20.3 Å². The van der Waals surface area contributed by atoms with E-state index in [1.807, 2.05) is 20.8 Å². The van der Waals surface area contributed by atoms with Gasteiger partial charge in [-0.3, -0.25) is 19.2 Å². The molecule has 2 aliphatic heterocycles. The van der Waals surface area contributed by atoms with Crippen LogP contribution < -0.4 is 0 Å². The summed E-state index contributed by atoms with van der Waals surface area (Å²) in [7, 11) is 0. The molecular formula is C32H46O8. The summed E-state index contributed by atoms with van der Waals surface area (Å²) in [4.78, 5) is 51.2. The number of epoxide rings is 1. The summed E-state index contributed by atoms with van der Waals surface area (Å²) in [5.41, 5.74) is -0.493. The Kier molecular flexibility index (Phi) is 7.32. The van der Waals surface area contributed by atoms with Gasteiger partial charge >= 0.3 is 23.9 Å². The Morgan fingerprint density at radius 3 is 2.00 bits per heavy atom. The Morgan fingerprint density at radius 2 is 1.45 bits per heavy atom. The van der Waals surface area contributed by atoms with E-state index in [9.17, 15) is 19.2 Å². The van der Waals surface area contributed by atoms with Crippen LogP contribution in [0.5, 0.6) is 0 Å². The molecule has 8 heteroatoms. The van der Waals surface area contributed by atoms with E-state index in [4.69, 9.17) is 18.9 Å². The van der Waals surface area contributed by atoms with Crippen molar-refractivity contribution in [3.8, 4) is 0 Å². The second-order valence-corrected chi connectivity index (χ2v) is 14.8. The quantitative estimate of drug-likeness (QED) is 0.175. The van der Waals surface area contributed by atoms with Crippen molar-refractivity contribution in [2.75, 3.05) is 13.2 Å². The lowest BCUT2D eigenvalue weighted by Crippen LogP contribution is -2.40. The van der Waals surface area contributed by atoms with Crippen molar-refractivity contribution in [3.63, 3.8) is 0 Å². The van der Waals surface area contributed by atoms with Gasteiger partial charge in [0.05, 0.1) is 30.3 Å². The molecule has 6 aliphatic rings. The first-order valence-electron chi connectivity index (χ1n) is 15.7. The Balaban J connectivity index is 1.21. The van der Waals surface area contributed by atoms with E-state index in [0.29, 0.717) is 55.1 Å². The standard InChI is InChI=1S/C32H46O8/c1-6-19-16-7-22(27(9-16)31(36)40-32(3,4)5)24(19)12-21-17-8-23(26(10-17)29(34)38-14-18-13-37-18)25(21)11-20-15(2)28(33)39-30(20)35/h15-27H,6-14H2,1-5H3. The van der Waals surface area contributed by atoms with Crippen molar-refractivity contribution in [1.82, 2.24) is 0 Å². The molecule has 2 heterocycles. The minimum atomic E-state index is -0.493. The third-order valence-electron chi connectivity index (χ3n) is 11.6. The van der Waals surface area contributed by atoms with Crippen molar-refractivity contribution in [2.45, 2.75) is 91.3 Å². The molecule has 13 unspecified atom stereocenters. The van der Waals surface area contributed by atoms with Gasteiger partial charge in [0.2, 0.25) is 0 Å². The van der Waals surface area contributed by atoms with Crippen LogP contribution in [-0.4, -0.2) is 48.8 Å². The number of hydrogen-bond donors (Lipinski definition) is 0. The van der Waals surface area contributed by atoms with E-state index >= 15 is 0 Å². The molecule has 222 valence electrons. The smallest absolute Gasteiger partial charge is 0.317 e. The molecule has 0 radical (unpaired) electrons. The average molecular weight is 559 g/mol. The lowest BCUT2D eigenvalue weighted by atomic mass is 9.63.